The van der Waals surface area contributed by atoms with Crippen LogP contribution in [0.3, 0.4) is 0 Å². The minimum absolute atomic E-state index is 0.179. The third-order valence-electron chi connectivity index (χ3n) is 10.9. The topological polar surface area (TPSA) is 65.8 Å². The van der Waals surface area contributed by atoms with E-state index < -0.39 is 6.04 Å². The molecule has 4 nitrogen and oxygen atoms in total. The smallest absolute Gasteiger partial charge is 0.142 e. The van der Waals surface area contributed by atoms with E-state index in [0.29, 0.717) is 23.7 Å². The molecule has 0 aliphatic heterocycles. The summed E-state index contributed by atoms with van der Waals surface area (Å²) >= 11 is 0. The van der Waals surface area contributed by atoms with E-state index in [9.17, 15) is 4.79 Å². The second-order valence-electron chi connectivity index (χ2n) is 12.8. The van der Waals surface area contributed by atoms with Crippen LogP contribution in [0, 0.1) is 52.3 Å². The van der Waals surface area contributed by atoms with E-state index >= 15 is 0 Å². The maximum atomic E-state index is 12.6. The summed E-state index contributed by atoms with van der Waals surface area (Å²) in [6, 6.07) is -0.421. The molecule has 174 valence electrons. The maximum Gasteiger partial charge on any atom is 0.142 e. The summed E-state index contributed by atoms with van der Waals surface area (Å²) < 4.78 is 0. The van der Waals surface area contributed by atoms with Gasteiger partial charge in [-0.3, -0.25) is 4.79 Å². The number of rotatable bonds is 6. The first-order valence-electron chi connectivity index (χ1n) is 13.3. The fourth-order valence-corrected chi connectivity index (χ4v) is 9.29. The summed E-state index contributed by atoms with van der Waals surface area (Å²) in [5.74, 6) is 5.63. The Morgan fingerprint density at radius 3 is 2.48 bits per heavy atom. The van der Waals surface area contributed by atoms with Gasteiger partial charge in [0.05, 0.1) is 6.04 Å². The van der Waals surface area contributed by atoms with Crippen LogP contribution < -0.4 is 0 Å². The summed E-state index contributed by atoms with van der Waals surface area (Å²) in [5.41, 5.74) is 9.67. The molecule has 4 aliphatic rings. The van der Waals surface area contributed by atoms with Crippen LogP contribution in [0.1, 0.15) is 105 Å². The number of Topliss-reactive ketones (excluding diaryl/α,β-unsaturated/α-hetero) is 1. The highest BCUT2D eigenvalue weighted by Crippen LogP contribution is 2.68. The van der Waals surface area contributed by atoms with Gasteiger partial charge in [0, 0.05) is 11.3 Å². The van der Waals surface area contributed by atoms with E-state index in [1.807, 2.05) is 0 Å². The zero-order valence-corrected chi connectivity index (χ0v) is 20.6. The van der Waals surface area contributed by atoms with Crippen LogP contribution in [0.25, 0.3) is 10.4 Å². The summed E-state index contributed by atoms with van der Waals surface area (Å²) in [5, 5.41) is 3.93. The highest BCUT2D eigenvalue weighted by Gasteiger charge is 2.61. The molecule has 0 saturated heterocycles. The van der Waals surface area contributed by atoms with E-state index in [1.165, 1.54) is 57.8 Å². The first-order valence-corrected chi connectivity index (χ1v) is 13.3. The fourth-order valence-electron chi connectivity index (χ4n) is 9.29. The molecule has 4 fully saturated rings. The number of carbonyl (C=O) groups excluding carboxylic acids is 1. The van der Waals surface area contributed by atoms with E-state index in [-0.39, 0.29) is 11.2 Å². The van der Waals surface area contributed by atoms with Gasteiger partial charge in [-0.2, -0.15) is 0 Å². The van der Waals surface area contributed by atoms with Gasteiger partial charge in [-0.1, -0.05) is 59.0 Å². The van der Waals surface area contributed by atoms with Gasteiger partial charge in [0.2, 0.25) is 0 Å². The van der Waals surface area contributed by atoms with E-state index in [0.717, 1.165) is 36.0 Å². The Hall–Kier alpha value is -1.02. The third kappa shape index (κ3) is 3.96. The SMILES string of the molecule is CC(C)CCC[C@@H](C)[C@H]1CC[C@H]2[C@@H]3CC[C@H]4CC(=O)[C@H](N=[N+]=[N-])C[C@]4(C)[C@H]3CC[C@]12C. The van der Waals surface area contributed by atoms with Crippen molar-refractivity contribution in [1.82, 2.24) is 0 Å². The lowest BCUT2D eigenvalue weighted by Crippen LogP contribution is -2.55. The number of hydrogen-bond acceptors (Lipinski definition) is 2. The predicted molar refractivity (Wildman–Crippen MR) is 126 cm³/mol. The quantitative estimate of drug-likeness (QED) is 0.241. The van der Waals surface area contributed by atoms with Crippen molar-refractivity contribution < 1.29 is 4.79 Å². The fraction of sp³-hybridized carbons (Fsp3) is 0.963. The van der Waals surface area contributed by atoms with Gasteiger partial charge >= 0.3 is 0 Å². The highest BCUT2D eigenvalue weighted by molar-refractivity contribution is 5.85. The predicted octanol–water partition coefficient (Wildman–Crippen LogP) is 7.97. The van der Waals surface area contributed by atoms with Crippen LogP contribution in [0.4, 0.5) is 0 Å². The van der Waals surface area contributed by atoms with Crippen LogP contribution in [0.2, 0.25) is 0 Å². The molecular weight excluding hydrogens is 382 g/mol. The van der Waals surface area contributed by atoms with Gasteiger partial charge in [-0.25, -0.2) is 0 Å². The van der Waals surface area contributed by atoms with Gasteiger partial charge in [0.1, 0.15) is 5.78 Å². The number of carbonyl (C=O) groups is 1. The van der Waals surface area contributed by atoms with Crippen LogP contribution in [0.5, 0.6) is 0 Å². The van der Waals surface area contributed by atoms with Crippen LogP contribution in [-0.4, -0.2) is 11.8 Å². The Kier molecular flexibility index (Phi) is 6.52. The minimum atomic E-state index is -0.421. The summed E-state index contributed by atoms with van der Waals surface area (Å²) in [7, 11) is 0. The molecule has 0 N–H and O–H groups in total. The van der Waals surface area contributed by atoms with Gasteiger partial charge in [-0.15, -0.1) is 0 Å². The zero-order chi connectivity index (χ0) is 22.4. The Morgan fingerprint density at radius 2 is 1.77 bits per heavy atom. The molecule has 0 unspecified atom stereocenters. The number of ketones is 1. The van der Waals surface area contributed by atoms with E-state index in [4.69, 9.17) is 5.53 Å². The Bertz CT molecular complexity index is 728. The van der Waals surface area contributed by atoms with Crippen molar-refractivity contribution in [2.24, 2.45) is 57.4 Å². The first-order chi connectivity index (χ1) is 14.7. The molecule has 4 heteroatoms. The van der Waals surface area contributed by atoms with Crippen molar-refractivity contribution in [3.8, 4) is 0 Å². The molecule has 0 radical (unpaired) electrons. The Balaban J connectivity index is 1.50. The van der Waals surface area contributed by atoms with Crippen molar-refractivity contribution in [1.29, 1.82) is 0 Å². The lowest BCUT2D eigenvalue weighted by Gasteiger charge is -2.61. The van der Waals surface area contributed by atoms with E-state index in [1.54, 1.807) is 0 Å². The average Bonchev–Trinajstić information content (AvgIpc) is 3.06. The first kappa shape index (κ1) is 23.1. The molecule has 0 bridgehead atoms. The number of fused-ring (bicyclic) bond motifs is 5. The number of nitrogens with zero attached hydrogens (tertiary/aromatic N) is 3. The summed E-state index contributed by atoms with van der Waals surface area (Å²) in [6.45, 7) is 12.3. The van der Waals surface area contributed by atoms with Gasteiger partial charge in [-0.05, 0) is 103 Å². The monoisotopic (exact) mass is 427 g/mol. The van der Waals surface area contributed by atoms with Crippen LogP contribution in [0.15, 0.2) is 5.11 Å². The molecule has 0 aromatic rings. The summed E-state index contributed by atoms with van der Waals surface area (Å²) in [4.78, 5) is 15.6. The lowest BCUT2D eigenvalue weighted by molar-refractivity contribution is -0.142. The average molecular weight is 428 g/mol. The molecule has 9 atom stereocenters. The molecule has 0 heterocycles. The van der Waals surface area contributed by atoms with Crippen molar-refractivity contribution in [2.45, 2.75) is 111 Å². The maximum absolute atomic E-state index is 12.6. The second-order valence-corrected chi connectivity index (χ2v) is 12.8. The minimum Gasteiger partial charge on any atom is -0.299 e. The molecule has 4 aliphatic carbocycles. The summed E-state index contributed by atoms with van der Waals surface area (Å²) in [6.07, 6.45) is 13.6. The highest BCUT2D eigenvalue weighted by atomic mass is 16.1. The lowest BCUT2D eigenvalue weighted by atomic mass is 9.44. The van der Waals surface area contributed by atoms with Crippen molar-refractivity contribution >= 4 is 5.78 Å². The van der Waals surface area contributed by atoms with Gasteiger partial charge in [0.15, 0.2) is 0 Å². The molecule has 0 amide bonds. The standard InChI is InChI=1S/C27H45N3O/c1-17(2)7-6-8-18(3)21-11-12-22-20-10-9-19-15-25(31)24(29-30-28)16-27(19,5)23(20)13-14-26(21,22)4/h17-24H,6-16H2,1-5H3/t18-,19+,20+,21-,22+,23+,24-,26-,27+/m1/s1. The molecular formula is C27H45N3O. The van der Waals surface area contributed by atoms with E-state index in [2.05, 4.69) is 44.6 Å². The third-order valence-corrected chi connectivity index (χ3v) is 10.9. The second kappa shape index (κ2) is 8.73. The molecule has 4 saturated carbocycles. The number of hydrogen-bond donors (Lipinski definition) is 0. The van der Waals surface area contributed by atoms with Crippen LogP contribution in [-0.2, 0) is 4.79 Å². The van der Waals surface area contributed by atoms with Crippen molar-refractivity contribution in [3.63, 3.8) is 0 Å². The molecule has 0 aromatic heterocycles. The molecule has 31 heavy (non-hydrogen) atoms. The Morgan fingerprint density at radius 1 is 1.03 bits per heavy atom. The van der Waals surface area contributed by atoms with Crippen molar-refractivity contribution in [2.75, 3.05) is 0 Å². The largest absolute Gasteiger partial charge is 0.299 e. The zero-order valence-electron chi connectivity index (χ0n) is 20.6. The Labute approximate surface area is 189 Å². The van der Waals surface area contributed by atoms with Crippen LogP contribution >= 0.6 is 0 Å². The molecule has 0 spiro atoms. The molecule has 0 aromatic carbocycles. The van der Waals surface area contributed by atoms with Gasteiger partial charge < -0.3 is 0 Å². The number of azide groups is 1. The normalized spacial score (nSPS) is 45.4. The van der Waals surface area contributed by atoms with Crippen molar-refractivity contribution in [3.05, 3.63) is 10.4 Å². The molecule has 4 rings (SSSR count). The van der Waals surface area contributed by atoms with Gasteiger partial charge in [0.25, 0.3) is 0 Å².